The van der Waals surface area contributed by atoms with Gasteiger partial charge in [0.1, 0.15) is 0 Å². The number of amides is 2. The monoisotopic (exact) mass is 346 g/mol. The van der Waals surface area contributed by atoms with Crippen molar-refractivity contribution in [1.82, 2.24) is 14.9 Å². The van der Waals surface area contributed by atoms with Crippen LogP contribution in [-0.2, 0) is 4.79 Å². The van der Waals surface area contributed by atoms with Crippen LogP contribution >= 0.6 is 0 Å². The molecule has 3 heterocycles. The van der Waals surface area contributed by atoms with Gasteiger partial charge in [-0.3, -0.25) is 14.6 Å². The molecule has 26 heavy (non-hydrogen) atoms. The van der Waals surface area contributed by atoms with Crippen molar-refractivity contribution in [2.24, 2.45) is 11.7 Å². The van der Waals surface area contributed by atoms with Gasteiger partial charge >= 0.3 is 0 Å². The number of aromatic nitrogens is 2. The molecular formula is C20H18N4O2. The number of para-hydroxylation sites is 1. The number of carbonyl (C=O) groups is 2. The summed E-state index contributed by atoms with van der Waals surface area (Å²) in [4.78, 5) is 35.1. The van der Waals surface area contributed by atoms with Gasteiger partial charge in [0.25, 0.3) is 5.91 Å². The largest absolute Gasteiger partial charge is 0.369 e. The van der Waals surface area contributed by atoms with E-state index in [0.717, 1.165) is 16.5 Å². The molecule has 0 saturated carbocycles. The number of pyridine rings is 2. The van der Waals surface area contributed by atoms with Gasteiger partial charge in [0.05, 0.1) is 22.7 Å². The number of fused-ring (bicyclic) bond motifs is 1. The van der Waals surface area contributed by atoms with Gasteiger partial charge in [-0.1, -0.05) is 18.2 Å². The molecule has 1 atom stereocenters. The molecule has 6 heteroatoms. The second kappa shape index (κ2) is 6.55. The molecule has 0 aliphatic carbocycles. The number of benzene rings is 1. The van der Waals surface area contributed by atoms with Crippen LogP contribution in [-0.4, -0.2) is 39.8 Å². The van der Waals surface area contributed by atoms with E-state index in [1.807, 2.05) is 36.4 Å². The van der Waals surface area contributed by atoms with Gasteiger partial charge in [0.2, 0.25) is 5.91 Å². The minimum atomic E-state index is -0.351. The Morgan fingerprint density at radius 2 is 2.00 bits per heavy atom. The molecular weight excluding hydrogens is 328 g/mol. The first-order valence-electron chi connectivity index (χ1n) is 8.52. The molecule has 2 amide bonds. The maximum Gasteiger partial charge on any atom is 0.254 e. The molecule has 0 radical (unpaired) electrons. The Labute approximate surface area is 150 Å². The molecule has 3 aromatic rings. The molecule has 0 bridgehead atoms. The number of carbonyl (C=O) groups excluding carboxylic acids is 2. The van der Waals surface area contributed by atoms with E-state index < -0.39 is 0 Å². The predicted molar refractivity (Wildman–Crippen MR) is 98.2 cm³/mol. The molecule has 1 aromatic carbocycles. The van der Waals surface area contributed by atoms with Crippen molar-refractivity contribution in [1.29, 1.82) is 0 Å². The van der Waals surface area contributed by atoms with E-state index in [1.54, 1.807) is 23.4 Å². The molecule has 6 nitrogen and oxygen atoms in total. The average molecular weight is 346 g/mol. The lowest BCUT2D eigenvalue weighted by molar-refractivity contribution is -0.121. The number of likely N-dealkylation sites (tertiary alicyclic amines) is 1. The molecule has 0 spiro atoms. The third kappa shape index (κ3) is 2.90. The van der Waals surface area contributed by atoms with E-state index in [9.17, 15) is 9.59 Å². The summed E-state index contributed by atoms with van der Waals surface area (Å²) in [6.45, 7) is 0.901. The highest BCUT2D eigenvalue weighted by molar-refractivity contribution is 6.07. The van der Waals surface area contributed by atoms with Gasteiger partial charge < -0.3 is 10.6 Å². The summed E-state index contributed by atoms with van der Waals surface area (Å²) in [5.74, 6) is -0.724. The van der Waals surface area contributed by atoms with E-state index in [4.69, 9.17) is 5.73 Å². The maximum atomic E-state index is 13.1. The van der Waals surface area contributed by atoms with E-state index in [2.05, 4.69) is 9.97 Å². The van der Waals surface area contributed by atoms with Crippen LogP contribution in [0.2, 0.25) is 0 Å². The van der Waals surface area contributed by atoms with Crippen molar-refractivity contribution in [2.45, 2.75) is 6.42 Å². The first kappa shape index (κ1) is 16.2. The molecule has 130 valence electrons. The SMILES string of the molecule is NC(=O)[C@H]1CCN(C(=O)c2cc(-c3cccnc3)nc3ccccc23)C1. The van der Waals surface area contributed by atoms with Crippen molar-refractivity contribution in [3.05, 3.63) is 60.4 Å². The lowest BCUT2D eigenvalue weighted by Gasteiger charge is -2.18. The van der Waals surface area contributed by atoms with Crippen molar-refractivity contribution < 1.29 is 9.59 Å². The van der Waals surface area contributed by atoms with E-state index in [-0.39, 0.29) is 17.7 Å². The van der Waals surface area contributed by atoms with Gasteiger partial charge in [-0.25, -0.2) is 4.98 Å². The summed E-state index contributed by atoms with van der Waals surface area (Å²) in [5.41, 5.74) is 8.28. The molecule has 1 aliphatic rings. The van der Waals surface area contributed by atoms with Crippen LogP contribution < -0.4 is 5.73 Å². The van der Waals surface area contributed by atoms with Crippen molar-refractivity contribution in [3.63, 3.8) is 0 Å². The van der Waals surface area contributed by atoms with Crippen molar-refractivity contribution in [3.8, 4) is 11.3 Å². The molecule has 1 fully saturated rings. The fraction of sp³-hybridized carbons (Fsp3) is 0.200. The number of hydrogen-bond acceptors (Lipinski definition) is 4. The molecule has 1 saturated heterocycles. The zero-order valence-corrected chi connectivity index (χ0v) is 14.1. The molecule has 2 N–H and O–H groups in total. The molecule has 4 rings (SSSR count). The first-order chi connectivity index (χ1) is 12.6. The van der Waals surface area contributed by atoms with Gasteiger partial charge in [-0.05, 0) is 30.7 Å². The highest BCUT2D eigenvalue weighted by atomic mass is 16.2. The van der Waals surface area contributed by atoms with Crippen LogP contribution in [0.4, 0.5) is 0 Å². The standard InChI is InChI=1S/C20H18N4O2/c21-19(25)14-7-9-24(12-14)20(26)16-10-18(13-4-3-8-22-11-13)23-17-6-2-1-5-15(16)17/h1-6,8,10-11,14H,7,9,12H2,(H2,21,25)/t14-/m0/s1. The van der Waals surface area contributed by atoms with Gasteiger partial charge in [0, 0.05) is 36.4 Å². The Bertz CT molecular complexity index is 988. The van der Waals surface area contributed by atoms with Gasteiger partial charge in [-0.2, -0.15) is 0 Å². The van der Waals surface area contributed by atoms with Crippen LogP contribution in [0.25, 0.3) is 22.2 Å². The average Bonchev–Trinajstić information content (AvgIpc) is 3.18. The summed E-state index contributed by atoms with van der Waals surface area (Å²) >= 11 is 0. The Morgan fingerprint density at radius 3 is 2.73 bits per heavy atom. The first-order valence-corrected chi connectivity index (χ1v) is 8.52. The quantitative estimate of drug-likeness (QED) is 0.788. The highest BCUT2D eigenvalue weighted by Crippen LogP contribution is 2.27. The number of primary amides is 1. The molecule has 0 unspecified atom stereocenters. The molecule has 2 aromatic heterocycles. The molecule has 1 aliphatic heterocycles. The predicted octanol–water partition coefficient (Wildman–Crippen LogP) is 2.24. The Hall–Kier alpha value is -3.28. The smallest absolute Gasteiger partial charge is 0.254 e. The van der Waals surface area contributed by atoms with E-state index >= 15 is 0 Å². The zero-order valence-electron chi connectivity index (χ0n) is 14.1. The number of nitrogens with two attached hydrogens (primary N) is 1. The topological polar surface area (TPSA) is 89.2 Å². The van der Waals surface area contributed by atoms with Crippen molar-refractivity contribution >= 4 is 22.7 Å². The number of hydrogen-bond donors (Lipinski definition) is 1. The number of rotatable bonds is 3. The lowest BCUT2D eigenvalue weighted by Crippen LogP contribution is -2.32. The fourth-order valence-electron chi connectivity index (χ4n) is 3.36. The van der Waals surface area contributed by atoms with Gasteiger partial charge in [-0.15, -0.1) is 0 Å². The minimum absolute atomic E-state index is 0.0995. The summed E-state index contributed by atoms with van der Waals surface area (Å²) in [5, 5.41) is 0.799. The van der Waals surface area contributed by atoms with E-state index in [1.165, 1.54) is 0 Å². The lowest BCUT2D eigenvalue weighted by atomic mass is 10.0. The van der Waals surface area contributed by atoms with Crippen LogP contribution in [0.3, 0.4) is 0 Å². The third-order valence-corrected chi connectivity index (χ3v) is 4.78. The normalized spacial score (nSPS) is 16.8. The zero-order chi connectivity index (χ0) is 18.1. The highest BCUT2D eigenvalue weighted by Gasteiger charge is 2.31. The minimum Gasteiger partial charge on any atom is -0.369 e. The van der Waals surface area contributed by atoms with Crippen LogP contribution in [0.5, 0.6) is 0 Å². The van der Waals surface area contributed by atoms with Crippen LogP contribution in [0.15, 0.2) is 54.9 Å². The Morgan fingerprint density at radius 1 is 1.15 bits per heavy atom. The maximum absolute atomic E-state index is 13.1. The Balaban J connectivity index is 1.78. The van der Waals surface area contributed by atoms with Crippen LogP contribution in [0, 0.1) is 5.92 Å². The fourth-order valence-corrected chi connectivity index (χ4v) is 3.36. The van der Waals surface area contributed by atoms with Crippen molar-refractivity contribution in [2.75, 3.05) is 13.1 Å². The van der Waals surface area contributed by atoms with E-state index in [0.29, 0.717) is 30.8 Å². The summed E-state index contributed by atoms with van der Waals surface area (Å²) < 4.78 is 0. The summed E-state index contributed by atoms with van der Waals surface area (Å²) in [7, 11) is 0. The summed E-state index contributed by atoms with van der Waals surface area (Å²) in [6, 6.07) is 13.1. The second-order valence-electron chi connectivity index (χ2n) is 6.45. The van der Waals surface area contributed by atoms with Gasteiger partial charge in [0.15, 0.2) is 0 Å². The van der Waals surface area contributed by atoms with Crippen LogP contribution in [0.1, 0.15) is 16.8 Å². The number of nitrogens with zero attached hydrogens (tertiary/aromatic N) is 3. The second-order valence-corrected chi connectivity index (χ2v) is 6.45. The summed E-state index contributed by atoms with van der Waals surface area (Å²) in [6.07, 6.45) is 4.04. The Kier molecular flexibility index (Phi) is 4.08. The third-order valence-electron chi connectivity index (χ3n) is 4.78.